The Hall–Kier alpha value is -1.12. The number of carbonyl (C=O) groups is 1. The van der Waals surface area contributed by atoms with Crippen molar-refractivity contribution in [2.24, 2.45) is 0 Å². The van der Waals surface area contributed by atoms with Crippen molar-refractivity contribution in [2.45, 2.75) is 17.2 Å². The first-order valence-corrected chi connectivity index (χ1v) is 9.20. The molecule has 5 nitrogen and oxygen atoms in total. The van der Waals surface area contributed by atoms with Gasteiger partial charge in [0.25, 0.3) is 0 Å². The molecule has 1 atom stereocenters. The van der Waals surface area contributed by atoms with Gasteiger partial charge in [-0.2, -0.15) is 0 Å². The number of methoxy groups -OCH3 is 1. The molecular formula is C15H15Cl2NO4S2. The van der Waals surface area contributed by atoms with Gasteiger partial charge in [-0.3, -0.25) is 0 Å². The lowest BCUT2D eigenvalue weighted by Gasteiger charge is -2.13. The Labute approximate surface area is 158 Å². The highest BCUT2D eigenvalue weighted by atomic mass is 35.5. The molecule has 0 saturated carbocycles. The number of halogens is 2. The number of benzene rings is 1. The van der Waals surface area contributed by atoms with E-state index in [4.69, 9.17) is 32.7 Å². The number of phenolic OH excluding ortho intramolecular Hbond substituents is 1. The molecule has 0 aliphatic heterocycles. The summed E-state index contributed by atoms with van der Waals surface area (Å²) in [5, 5.41) is 10.5. The number of ether oxygens (including phenoxy) is 2. The van der Waals surface area contributed by atoms with Crippen molar-refractivity contribution in [3.63, 3.8) is 0 Å². The maximum Gasteiger partial charge on any atom is 0.342 e. The van der Waals surface area contributed by atoms with Crippen LogP contribution >= 0.6 is 46.5 Å². The summed E-state index contributed by atoms with van der Waals surface area (Å²) >= 11 is 14.4. The van der Waals surface area contributed by atoms with Gasteiger partial charge in [-0.1, -0.05) is 23.2 Å². The Morgan fingerprint density at radius 2 is 2.17 bits per heavy atom. The number of aromatic hydroxyl groups is 1. The van der Waals surface area contributed by atoms with Gasteiger partial charge >= 0.3 is 5.97 Å². The van der Waals surface area contributed by atoms with Crippen molar-refractivity contribution in [2.75, 3.05) is 18.4 Å². The van der Waals surface area contributed by atoms with Crippen LogP contribution in [0.3, 0.4) is 0 Å². The van der Waals surface area contributed by atoms with Crippen molar-refractivity contribution in [3.05, 3.63) is 39.2 Å². The third-order valence-electron chi connectivity index (χ3n) is 2.82. The fourth-order valence-electron chi connectivity index (χ4n) is 1.77. The lowest BCUT2D eigenvalue weighted by Crippen LogP contribution is -2.19. The maximum absolute atomic E-state index is 12.0. The van der Waals surface area contributed by atoms with Gasteiger partial charge in [-0.05, 0) is 37.1 Å². The summed E-state index contributed by atoms with van der Waals surface area (Å²) in [5.41, 5.74) is 0.718. The van der Waals surface area contributed by atoms with Crippen molar-refractivity contribution in [1.29, 1.82) is 0 Å². The maximum atomic E-state index is 12.0. The second kappa shape index (κ2) is 8.82. The van der Waals surface area contributed by atoms with E-state index in [0.29, 0.717) is 15.0 Å². The van der Waals surface area contributed by atoms with Crippen LogP contribution in [0.5, 0.6) is 5.75 Å². The van der Waals surface area contributed by atoms with E-state index in [2.05, 4.69) is 4.72 Å². The van der Waals surface area contributed by atoms with Crippen LogP contribution in [-0.4, -0.2) is 30.9 Å². The van der Waals surface area contributed by atoms with Crippen LogP contribution in [0.2, 0.25) is 9.36 Å². The van der Waals surface area contributed by atoms with Gasteiger partial charge in [-0.25, -0.2) is 4.79 Å². The Morgan fingerprint density at radius 1 is 1.42 bits per heavy atom. The minimum absolute atomic E-state index is 0.0933. The Morgan fingerprint density at radius 3 is 2.75 bits per heavy atom. The summed E-state index contributed by atoms with van der Waals surface area (Å²) in [6.07, 6.45) is -0.399. The van der Waals surface area contributed by atoms with Gasteiger partial charge in [0, 0.05) is 18.9 Å². The number of rotatable bonds is 7. The molecule has 9 heteroatoms. The van der Waals surface area contributed by atoms with Gasteiger partial charge in [0.05, 0.1) is 15.8 Å². The smallest absolute Gasteiger partial charge is 0.342 e. The first-order valence-electron chi connectivity index (χ1n) is 6.81. The minimum atomic E-state index is -0.604. The SMILES string of the molecule is COCC(C)OC(=O)c1ccc(NSc2cc(Cl)c(Cl)s2)cc1O. The minimum Gasteiger partial charge on any atom is -0.507 e. The molecule has 2 N–H and O–H groups in total. The zero-order valence-electron chi connectivity index (χ0n) is 12.8. The first-order chi connectivity index (χ1) is 11.4. The predicted octanol–water partition coefficient (Wildman–Crippen LogP) is 5.07. The Kier molecular flexibility index (Phi) is 7.06. The van der Waals surface area contributed by atoms with E-state index >= 15 is 0 Å². The topological polar surface area (TPSA) is 67.8 Å². The predicted molar refractivity (Wildman–Crippen MR) is 98.7 cm³/mol. The number of esters is 1. The third-order valence-corrected chi connectivity index (χ3v) is 5.64. The van der Waals surface area contributed by atoms with Gasteiger partial charge in [0.15, 0.2) is 0 Å². The van der Waals surface area contributed by atoms with Crippen LogP contribution < -0.4 is 4.72 Å². The number of nitrogens with one attached hydrogen (secondary N) is 1. The van der Waals surface area contributed by atoms with Crippen molar-refractivity contribution in [1.82, 2.24) is 0 Å². The van der Waals surface area contributed by atoms with Crippen LogP contribution in [0.1, 0.15) is 17.3 Å². The van der Waals surface area contributed by atoms with Crippen LogP contribution in [0.15, 0.2) is 28.5 Å². The van der Waals surface area contributed by atoms with E-state index in [9.17, 15) is 9.90 Å². The summed E-state index contributed by atoms with van der Waals surface area (Å²) < 4.78 is 14.5. The van der Waals surface area contributed by atoms with Gasteiger partial charge < -0.3 is 19.3 Å². The first kappa shape index (κ1) is 19.2. The van der Waals surface area contributed by atoms with E-state index < -0.39 is 12.1 Å². The molecule has 130 valence electrons. The summed E-state index contributed by atoms with van der Waals surface area (Å²) in [7, 11) is 1.52. The van der Waals surface area contributed by atoms with E-state index in [1.165, 1.54) is 42.5 Å². The molecule has 0 bridgehead atoms. The number of hydrogen-bond donors (Lipinski definition) is 2. The zero-order valence-corrected chi connectivity index (χ0v) is 16.0. The molecule has 0 spiro atoms. The number of anilines is 1. The molecule has 1 aromatic heterocycles. The summed E-state index contributed by atoms with van der Waals surface area (Å²) in [5.74, 6) is -0.773. The van der Waals surface area contributed by atoms with Crippen molar-refractivity contribution >= 4 is 58.1 Å². The molecule has 1 unspecified atom stereocenters. The normalized spacial score (nSPS) is 12.0. The number of phenols is 1. The van der Waals surface area contributed by atoms with Crippen molar-refractivity contribution < 1.29 is 19.4 Å². The van der Waals surface area contributed by atoms with E-state index in [1.807, 2.05) is 0 Å². The van der Waals surface area contributed by atoms with Crippen LogP contribution in [-0.2, 0) is 9.47 Å². The zero-order chi connectivity index (χ0) is 17.7. The Bertz CT molecular complexity index is 704. The van der Waals surface area contributed by atoms with Crippen molar-refractivity contribution in [3.8, 4) is 5.75 Å². The molecule has 0 aliphatic rings. The molecule has 2 aromatic rings. The van der Waals surface area contributed by atoms with Gasteiger partial charge in [-0.15, -0.1) is 11.3 Å². The average molecular weight is 408 g/mol. The second-order valence-corrected chi connectivity index (χ2v) is 7.96. The van der Waals surface area contributed by atoms with E-state index in [-0.39, 0.29) is 17.9 Å². The lowest BCUT2D eigenvalue weighted by atomic mass is 10.2. The van der Waals surface area contributed by atoms with Crippen LogP contribution in [0, 0.1) is 0 Å². The summed E-state index contributed by atoms with van der Waals surface area (Å²) in [4.78, 5) is 12.0. The van der Waals surface area contributed by atoms with E-state index in [1.54, 1.807) is 19.1 Å². The molecule has 1 heterocycles. The molecule has 0 radical (unpaired) electrons. The van der Waals surface area contributed by atoms with Crippen LogP contribution in [0.25, 0.3) is 0 Å². The van der Waals surface area contributed by atoms with E-state index in [0.717, 1.165) is 4.21 Å². The number of hydrogen-bond acceptors (Lipinski definition) is 7. The van der Waals surface area contributed by atoms with Crippen LogP contribution in [0.4, 0.5) is 5.69 Å². The number of carbonyl (C=O) groups excluding carboxylic acids is 1. The monoisotopic (exact) mass is 407 g/mol. The molecule has 0 aliphatic carbocycles. The summed E-state index contributed by atoms with van der Waals surface area (Å²) in [6, 6.07) is 6.35. The summed E-state index contributed by atoms with van der Waals surface area (Å²) in [6.45, 7) is 2.00. The Balaban J connectivity index is 1.99. The molecular weight excluding hydrogens is 393 g/mol. The van der Waals surface area contributed by atoms with Gasteiger partial charge in [0.1, 0.15) is 21.8 Å². The fourth-order valence-corrected chi connectivity index (χ4v) is 4.14. The average Bonchev–Trinajstić information content (AvgIpc) is 2.84. The number of thiophene rings is 1. The standard InChI is InChI=1S/C15H15Cl2NO4S2/c1-8(7-21-2)22-15(20)10-4-3-9(5-12(10)19)18-24-13-6-11(16)14(17)23-13/h3-6,8,18-19H,7H2,1-2H3. The van der Waals surface area contributed by atoms with Gasteiger partial charge in [0.2, 0.25) is 0 Å². The molecule has 0 fully saturated rings. The highest BCUT2D eigenvalue weighted by molar-refractivity contribution is 8.02. The third kappa shape index (κ3) is 5.19. The molecule has 2 rings (SSSR count). The largest absolute Gasteiger partial charge is 0.507 e. The molecule has 0 saturated heterocycles. The second-order valence-electron chi connectivity index (χ2n) is 4.79. The highest BCUT2D eigenvalue weighted by Gasteiger charge is 2.16. The lowest BCUT2D eigenvalue weighted by molar-refractivity contribution is 0.0118. The fraction of sp³-hybridized carbons (Fsp3) is 0.267. The highest BCUT2D eigenvalue weighted by Crippen LogP contribution is 2.37. The molecule has 24 heavy (non-hydrogen) atoms. The molecule has 1 aromatic carbocycles. The molecule has 0 amide bonds. The quantitative estimate of drug-likeness (QED) is 0.493.